The van der Waals surface area contributed by atoms with Crippen LogP contribution in [-0.4, -0.2) is 28.6 Å². The summed E-state index contributed by atoms with van der Waals surface area (Å²) in [5.74, 6) is -0.868. The number of rotatable bonds is 8. The Labute approximate surface area is 147 Å². The summed E-state index contributed by atoms with van der Waals surface area (Å²) in [6.45, 7) is 2.35. The Balaban J connectivity index is 1.98. The van der Waals surface area contributed by atoms with Gasteiger partial charge in [0, 0.05) is 19.2 Å². The smallest absolute Gasteiger partial charge is 0.315 e. The van der Waals surface area contributed by atoms with Crippen molar-refractivity contribution in [1.82, 2.24) is 15.6 Å². The summed E-state index contributed by atoms with van der Waals surface area (Å²) < 4.78 is 0. The zero-order valence-corrected chi connectivity index (χ0v) is 14.2. The predicted octanol–water partition coefficient (Wildman–Crippen LogP) is 2.84. The van der Waals surface area contributed by atoms with Gasteiger partial charge in [0.25, 0.3) is 0 Å². The van der Waals surface area contributed by atoms with Crippen molar-refractivity contribution in [3.05, 3.63) is 65.5 Å². The molecule has 25 heavy (non-hydrogen) atoms. The molecule has 0 aliphatic rings. The number of urea groups is 1. The monoisotopic (exact) mass is 341 g/mol. The van der Waals surface area contributed by atoms with Crippen molar-refractivity contribution in [3.63, 3.8) is 0 Å². The molecule has 0 spiro atoms. The molecule has 0 radical (unpaired) electrons. The molecule has 2 aromatic rings. The van der Waals surface area contributed by atoms with Crippen LogP contribution in [0.3, 0.4) is 0 Å². The molecule has 0 saturated heterocycles. The van der Waals surface area contributed by atoms with Crippen LogP contribution < -0.4 is 10.6 Å². The SMILES string of the molecule is Cc1ccc(CC(NC(=O)NCCCC(=O)O)c2ccccn2)cc1. The lowest BCUT2D eigenvalue weighted by Gasteiger charge is -2.19. The Morgan fingerprint density at radius 1 is 1.16 bits per heavy atom. The number of carboxylic acid groups (broad SMARTS) is 1. The van der Waals surface area contributed by atoms with Gasteiger partial charge >= 0.3 is 12.0 Å². The van der Waals surface area contributed by atoms with Gasteiger partial charge < -0.3 is 15.7 Å². The van der Waals surface area contributed by atoms with E-state index >= 15 is 0 Å². The summed E-state index contributed by atoms with van der Waals surface area (Å²) in [4.78, 5) is 27.0. The molecule has 1 unspecified atom stereocenters. The van der Waals surface area contributed by atoms with E-state index < -0.39 is 5.97 Å². The number of carbonyl (C=O) groups is 2. The van der Waals surface area contributed by atoms with Gasteiger partial charge in [-0.15, -0.1) is 0 Å². The number of hydrogen-bond acceptors (Lipinski definition) is 3. The summed E-state index contributed by atoms with van der Waals surface area (Å²) in [6.07, 6.45) is 2.76. The quantitative estimate of drug-likeness (QED) is 0.644. The van der Waals surface area contributed by atoms with Crippen LogP contribution in [0.5, 0.6) is 0 Å². The molecule has 3 N–H and O–H groups in total. The van der Waals surface area contributed by atoms with Gasteiger partial charge in [-0.3, -0.25) is 9.78 Å². The number of hydrogen-bond donors (Lipinski definition) is 3. The number of nitrogens with one attached hydrogen (secondary N) is 2. The summed E-state index contributed by atoms with van der Waals surface area (Å²) in [5, 5.41) is 14.2. The van der Waals surface area contributed by atoms with Crippen LogP contribution in [0, 0.1) is 6.92 Å². The van der Waals surface area contributed by atoms with E-state index in [1.165, 1.54) is 5.56 Å². The molecule has 0 saturated carbocycles. The highest BCUT2D eigenvalue weighted by atomic mass is 16.4. The number of carboxylic acids is 1. The fourth-order valence-electron chi connectivity index (χ4n) is 2.42. The molecule has 1 heterocycles. The van der Waals surface area contributed by atoms with E-state index in [0.717, 1.165) is 11.3 Å². The molecule has 2 rings (SSSR count). The highest BCUT2D eigenvalue weighted by Gasteiger charge is 2.16. The minimum absolute atomic E-state index is 0.0350. The Kier molecular flexibility index (Phi) is 6.95. The number of aliphatic carboxylic acids is 1. The second-order valence-electron chi connectivity index (χ2n) is 5.89. The molecule has 0 aliphatic heterocycles. The third-order valence-corrected chi connectivity index (χ3v) is 3.76. The van der Waals surface area contributed by atoms with Gasteiger partial charge in [-0.1, -0.05) is 35.9 Å². The highest BCUT2D eigenvalue weighted by Crippen LogP contribution is 2.17. The predicted molar refractivity (Wildman–Crippen MR) is 95.3 cm³/mol. The molecule has 6 heteroatoms. The van der Waals surface area contributed by atoms with Crippen LogP contribution >= 0.6 is 0 Å². The van der Waals surface area contributed by atoms with Crippen LogP contribution in [0.25, 0.3) is 0 Å². The molecule has 132 valence electrons. The van der Waals surface area contributed by atoms with Gasteiger partial charge in [-0.25, -0.2) is 4.79 Å². The summed E-state index contributed by atoms with van der Waals surface area (Å²) >= 11 is 0. The maximum atomic E-state index is 12.1. The van der Waals surface area contributed by atoms with Crippen LogP contribution in [0.15, 0.2) is 48.7 Å². The number of aryl methyl sites for hydroxylation is 1. The summed E-state index contributed by atoms with van der Waals surface area (Å²) in [7, 11) is 0. The van der Waals surface area contributed by atoms with Crippen molar-refractivity contribution in [3.8, 4) is 0 Å². The second-order valence-corrected chi connectivity index (χ2v) is 5.89. The van der Waals surface area contributed by atoms with Gasteiger partial charge in [0.05, 0.1) is 11.7 Å². The van der Waals surface area contributed by atoms with Crippen molar-refractivity contribution in [2.24, 2.45) is 0 Å². The molecule has 1 aromatic carbocycles. The third kappa shape index (κ3) is 6.63. The van der Waals surface area contributed by atoms with Gasteiger partial charge in [-0.05, 0) is 37.5 Å². The Bertz CT molecular complexity index is 687. The van der Waals surface area contributed by atoms with Crippen LogP contribution in [0.2, 0.25) is 0 Å². The molecule has 0 fully saturated rings. The van der Waals surface area contributed by atoms with Gasteiger partial charge in [-0.2, -0.15) is 0 Å². The molecule has 2 amide bonds. The Morgan fingerprint density at radius 2 is 1.92 bits per heavy atom. The number of benzene rings is 1. The average Bonchev–Trinajstić information content (AvgIpc) is 2.60. The second kappa shape index (κ2) is 9.42. The van der Waals surface area contributed by atoms with Crippen molar-refractivity contribution in [2.45, 2.75) is 32.2 Å². The molecule has 1 atom stereocenters. The van der Waals surface area contributed by atoms with Crippen molar-refractivity contribution in [1.29, 1.82) is 0 Å². The van der Waals surface area contributed by atoms with Crippen LogP contribution in [-0.2, 0) is 11.2 Å². The summed E-state index contributed by atoms with van der Waals surface area (Å²) in [5.41, 5.74) is 3.07. The maximum absolute atomic E-state index is 12.1. The molecule has 0 aliphatic carbocycles. The Hall–Kier alpha value is -2.89. The fourth-order valence-corrected chi connectivity index (χ4v) is 2.42. The normalized spacial score (nSPS) is 11.6. The molecular formula is C19H23N3O3. The van der Waals surface area contributed by atoms with E-state index in [1.54, 1.807) is 6.20 Å². The lowest BCUT2D eigenvalue weighted by Crippen LogP contribution is -2.39. The molecule has 1 aromatic heterocycles. The van der Waals surface area contributed by atoms with Crippen molar-refractivity contribution in [2.75, 3.05) is 6.54 Å². The standard InChI is InChI=1S/C19H23N3O3/c1-14-7-9-15(10-8-14)13-17(16-5-2-3-11-20-16)22-19(25)21-12-4-6-18(23)24/h2-3,5,7-11,17H,4,6,12-13H2,1H3,(H,23,24)(H2,21,22,25). The Morgan fingerprint density at radius 3 is 2.56 bits per heavy atom. The first kappa shape index (κ1) is 18.4. The van der Waals surface area contributed by atoms with Crippen molar-refractivity contribution >= 4 is 12.0 Å². The maximum Gasteiger partial charge on any atom is 0.315 e. The van der Waals surface area contributed by atoms with E-state index in [4.69, 9.17) is 5.11 Å². The minimum Gasteiger partial charge on any atom is -0.481 e. The van der Waals surface area contributed by atoms with Gasteiger partial charge in [0.1, 0.15) is 0 Å². The van der Waals surface area contributed by atoms with E-state index in [9.17, 15) is 9.59 Å². The first-order chi connectivity index (χ1) is 12.0. The lowest BCUT2D eigenvalue weighted by atomic mass is 10.0. The minimum atomic E-state index is -0.868. The molecule has 0 bridgehead atoms. The number of amides is 2. The number of pyridine rings is 1. The highest BCUT2D eigenvalue weighted by molar-refractivity contribution is 5.74. The number of carbonyl (C=O) groups excluding carboxylic acids is 1. The van der Waals surface area contributed by atoms with E-state index in [0.29, 0.717) is 19.4 Å². The van der Waals surface area contributed by atoms with E-state index in [-0.39, 0.29) is 18.5 Å². The van der Waals surface area contributed by atoms with Gasteiger partial charge in [0.2, 0.25) is 0 Å². The van der Waals surface area contributed by atoms with Crippen LogP contribution in [0.4, 0.5) is 4.79 Å². The first-order valence-corrected chi connectivity index (χ1v) is 8.27. The number of nitrogens with zero attached hydrogens (tertiary/aromatic N) is 1. The first-order valence-electron chi connectivity index (χ1n) is 8.27. The zero-order chi connectivity index (χ0) is 18.1. The fraction of sp³-hybridized carbons (Fsp3) is 0.316. The largest absolute Gasteiger partial charge is 0.481 e. The summed E-state index contributed by atoms with van der Waals surface area (Å²) in [6, 6.07) is 13.2. The van der Waals surface area contributed by atoms with Crippen LogP contribution in [0.1, 0.15) is 35.7 Å². The molecule has 6 nitrogen and oxygen atoms in total. The molecular weight excluding hydrogens is 318 g/mol. The van der Waals surface area contributed by atoms with E-state index in [2.05, 4.69) is 15.6 Å². The third-order valence-electron chi connectivity index (χ3n) is 3.76. The van der Waals surface area contributed by atoms with E-state index in [1.807, 2.05) is 49.4 Å². The topological polar surface area (TPSA) is 91.3 Å². The van der Waals surface area contributed by atoms with Crippen molar-refractivity contribution < 1.29 is 14.7 Å². The zero-order valence-electron chi connectivity index (χ0n) is 14.2. The lowest BCUT2D eigenvalue weighted by molar-refractivity contribution is -0.137. The van der Waals surface area contributed by atoms with Gasteiger partial charge in [0.15, 0.2) is 0 Å². The average molecular weight is 341 g/mol. The number of aromatic nitrogens is 1.